The molecule has 4 nitrogen and oxygen atoms in total. The smallest absolute Gasteiger partial charge is 0.336 e. The summed E-state index contributed by atoms with van der Waals surface area (Å²) >= 11 is 7.01. The molecule has 1 aromatic carbocycles. The minimum atomic E-state index is -0.980. The third kappa shape index (κ3) is 3.81. The number of phenols is 1. The highest BCUT2D eigenvalue weighted by molar-refractivity contribution is 7.11. The number of carbonyl (C=O) groups is 2. The van der Waals surface area contributed by atoms with Crippen LogP contribution < -0.4 is 0 Å². The lowest BCUT2D eigenvalue weighted by Crippen LogP contribution is -2.01. The zero-order valence-corrected chi connectivity index (χ0v) is 14.1. The van der Waals surface area contributed by atoms with Crippen molar-refractivity contribution in [2.45, 2.75) is 19.8 Å². The molecule has 0 spiro atoms. The van der Waals surface area contributed by atoms with Crippen molar-refractivity contribution in [2.75, 3.05) is 0 Å². The van der Waals surface area contributed by atoms with E-state index in [4.69, 9.17) is 11.6 Å². The molecule has 0 aliphatic rings. The molecule has 1 aromatic heterocycles. The van der Waals surface area contributed by atoms with E-state index >= 15 is 0 Å². The number of halogens is 1. The first-order valence-corrected chi connectivity index (χ1v) is 8.12. The quantitative estimate of drug-likeness (QED) is 0.598. The molecule has 6 heteroatoms. The molecular weight excluding hydrogens is 336 g/mol. The van der Waals surface area contributed by atoms with Crippen molar-refractivity contribution in [3.05, 3.63) is 56.2 Å². The lowest BCUT2D eigenvalue weighted by Gasteiger charge is -2.06. The zero-order chi connectivity index (χ0) is 17.1. The topological polar surface area (TPSA) is 74.6 Å². The van der Waals surface area contributed by atoms with Crippen molar-refractivity contribution < 1.29 is 19.8 Å². The fraction of sp³-hybridized carbons (Fsp3) is 0.176. The number of carbonyl (C=O) groups excluding carboxylic acids is 1. The summed E-state index contributed by atoms with van der Waals surface area (Å²) in [5.74, 6) is -1.52. The van der Waals surface area contributed by atoms with Crippen molar-refractivity contribution in [3.8, 4) is 5.75 Å². The zero-order valence-electron chi connectivity index (χ0n) is 12.5. The molecule has 2 aromatic rings. The summed E-state index contributed by atoms with van der Waals surface area (Å²) < 4.78 is 0. The summed E-state index contributed by atoms with van der Waals surface area (Å²) in [6.07, 6.45) is 2.91. The van der Waals surface area contributed by atoms with Crippen LogP contribution in [0.25, 0.3) is 6.08 Å². The van der Waals surface area contributed by atoms with Gasteiger partial charge < -0.3 is 10.2 Å². The van der Waals surface area contributed by atoms with E-state index in [2.05, 4.69) is 0 Å². The van der Waals surface area contributed by atoms with E-state index in [0.29, 0.717) is 10.6 Å². The Kier molecular flexibility index (Phi) is 5.23. The van der Waals surface area contributed by atoms with E-state index < -0.39 is 5.97 Å². The van der Waals surface area contributed by atoms with Gasteiger partial charge in [-0.05, 0) is 41.8 Å². The molecule has 0 atom stereocenters. The average Bonchev–Trinajstić information content (AvgIpc) is 2.89. The van der Waals surface area contributed by atoms with Gasteiger partial charge in [0, 0.05) is 15.3 Å². The van der Waals surface area contributed by atoms with Crippen molar-refractivity contribution in [1.29, 1.82) is 0 Å². The Morgan fingerprint density at radius 2 is 1.96 bits per heavy atom. The van der Waals surface area contributed by atoms with E-state index in [-0.39, 0.29) is 28.6 Å². The van der Waals surface area contributed by atoms with E-state index in [1.54, 1.807) is 11.5 Å². The van der Waals surface area contributed by atoms with Gasteiger partial charge in [-0.2, -0.15) is 0 Å². The molecule has 0 unspecified atom stereocenters. The third-order valence-corrected chi connectivity index (χ3v) is 4.48. The number of carboxylic acids is 1. The highest BCUT2D eigenvalue weighted by Gasteiger charge is 2.18. The Labute approximate surface area is 142 Å². The van der Waals surface area contributed by atoms with Gasteiger partial charge in [0.1, 0.15) is 5.75 Å². The highest BCUT2D eigenvalue weighted by Crippen LogP contribution is 2.31. The summed E-state index contributed by atoms with van der Waals surface area (Å²) in [6, 6.07) is 4.27. The molecule has 0 bridgehead atoms. The maximum Gasteiger partial charge on any atom is 0.336 e. The molecule has 0 amide bonds. The minimum Gasteiger partial charge on any atom is -0.507 e. The Balaban J connectivity index is 2.33. The molecule has 23 heavy (non-hydrogen) atoms. The maximum absolute atomic E-state index is 12.2. The number of rotatable bonds is 5. The predicted octanol–water partition coefficient (Wildman–Crippen LogP) is 4.82. The van der Waals surface area contributed by atoms with Crippen molar-refractivity contribution in [1.82, 2.24) is 0 Å². The molecule has 0 saturated carbocycles. The minimum absolute atomic E-state index is 0.0195. The van der Waals surface area contributed by atoms with Crippen LogP contribution in [0.4, 0.5) is 0 Å². The van der Waals surface area contributed by atoms with Crippen LogP contribution in [0.15, 0.2) is 29.7 Å². The predicted molar refractivity (Wildman–Crippen MR) is 91.8 cm³/mol. The molecule has 1 heterocycles. The van der Waals surface area contributed by atoms with Crippen LogP contribution in [0, 0.1) is 0 Å². The number of carboxylic acid groups (broad SMARTS) is 1. The van der Waals surface area contributed by atoms with Crippen LogP contribution in [0.3, 0.4) is 0 Å². The highest BCUT2D eigenvalue weighted by atomic mass is 35.5. The number of allylic oxidation sites excluding steroid dienone is 1. The standard InChI is InChI=1S/C17H15ClO4S/c1-9(2)16-12(17(21)22)8-23-15(16)6-5-13(19)11-4-3-10(18)7-14(11)20/h3-9,20H,1-2H3,(H,21,22). The number of ketones is 1. The van der Waals surface area contributed by atoms with Crippen LogP contribution >= 0.6 is 22.9 Å². The van der Waals surface area contributed by atoms with Gasteiger partial charge in [-0.1, -0.05) is 25.4 Å². The number of benzene rings is 1. The largest absolute Gasteiger partial charge is 0.507 e. The van der Waals surface area contributed by atoms with Crippen LogP contribution in [0.1, 0.15) is 50.9 Å². The van der Waals surface area contributed by atoms with Gasteiger partial charge in [-0.3, -0.25) is 4.79 Å². The third-order valence-electron chi connectivity index (χ3n) is 3.28. The van der Waals surface area contributed by atoms with Gasteiger partial charge in [-0.25, -0.2) is 4.79 Å². The first-order chi connectivity index (χ1) is 10.8. The lowest BCUT2D eigenvalue weighted by atomic mass is 9.98. The van der Waals surface area contributed by atoms with Crippen LogP contribution in [-0.4, -0.2) is 22.0 Å². The summed E-state index contributed by atoms with van der Waals surface area (Å²) in [7, 11) is 0. The molecule has 0 aliphatic carbocycles. The summed E-state index contributed by atoms with van der Waals surface area (Å²) in [6.45, 7) is 3.80. The van der Waals surface area contributed by atoms with E-state index in [0.717, 1.165) is 4.88 Å². The molecule has 0 radical (unpaired) electrons. The van der Waals surface area contributed by atoms with Gasteiger partial charge in [0.25, 0.3) is 0 Å². The SMILES string of the molecule is CC(C)c1c(C(=O)O)csc1C=CC(=O)c1ccc(Cl)cc1O. The van der Waals surface area contributed by atoms with E-state index in [9.17, 15) is 19.8 Å². The molecule has 0 aliphatic heterocycles. The van der Waals surface area contributed by atoms with Gasteiger partial charge >= 0.3 is 5.97 Å². The average molecular weight is 351 g/mol. The first-order valence-electron chi connectivity index (χ1n) is 6.87. The second kappa shape index (κ2) is 6.98. The molecule has 0 saturated heterocycles. The van der Waals surface area contributed by atoms with Gasteiger partial charge in [-0.15, -0.1) is 11.3 Å². The van der Waals surface area contributed by atoms with Gasteiger partial charge in [0.05, 0.1) is 11.1 Å². The molecule has 0 fully saturated rings. The Bertz CT molecular complexity index is 790. The Morgan fingerprint density at radius 3 is 2.52 bits per heavy atom. The van der Waals surface area contributed by atoms with Crippen LogP contribution in [0.5, 0.6) is 5.75 Å². The van der Waals surface area contributed by atoms with Crippen LogP contribution in [-0.2, 0) is 0 Å². The number of aromatic carboxylic acids is 1. The first kappa shape index (κ1) is 17.2. The number of hydrogen-bond acceptors (Lipinski definition) is 4. The summed E-state index contributed by atoms with van der Waals surface area (Å²) in [5.41, 5.74) is 1.10. The number of aromatic hydroxyl groups is 1. The fourth-order valence-electron chi connectivity index (χ4n) is 2.23. The van der Waals surface area contributed by atoms with Crippen molar-refractivity contribution in [2.24, 2.45) is 0 Å². The molecular formula is C17H15ClO4S. The Hall–Kier alpha value is -2.11. The number of hydrogen-bond donors (Lipinski definition) is 2. The summed E-state index contributed by atoms with van der Waals surface area (Å²) in [5, 5.41) is 20.9. The lowest BCUT2D eigenvalue weighted by molar-refractivity contribution is 0.0695. The maximum atomic E-state index is 12.2. The van der Waals surface area contributed by atoms with E-state index in [1.165, 1.54) is 35.6 Å². The second-order valence-electron chi connectivity index (χ2n) is 5.25. The van der Waals surface area contributed by atoms with Crippen molar-refractivity contribution >= 4 is 40.8 Å². The molecule has 2 N–H and O–H groups in total. The monoisotopic (exact) mass is 350 g/mol. The second-order valence-corrected chi connectivity index (χ2v) is 6.59. The van der Waals surface area contributed by atoms with Gasteiger partial charge in [0.2, 0.25) is 0 Å². The Morgan fingerprint density at radius 1 is 1.26 bits per heavy atom. The molecule has 120 valence electrons. The summed E-state index contributed by atoms with van der Waals surface area (Å²) in [4.78, 5) is 24.1. The fourth-order valence-corrected chi connectivity index (χ4v) is 3.48. The van der Waals surface area contributed by atoms with Crippen LogP contribution in [0.2, 0.25) is 5.02 Å². The number of phenolic OH excluding ortho intramolecular Hbond substituents is 1. The normalized spacial score (nSPS) is 11.3. The molecule has 2 rings (SSSR count). The number of thiophene rings is 1. The van der Waals surface area contributed by atoms with E-state index in [1.807, 2.05) is 13.8 Å². The van der Waals surface area contributed by atoms with Gasteiger partial charge in [0.15, 0.2) is 5.78 Å². The van der Waals surface area contributed by atoms with Crippen molar-refractivity contribution in [3.63, 3.8) is 0 Å².